The van der Waals surface area contributed by atoms with Crippen molar-refractivity contribution in [3.05, 3.63) is 50.6 Å². The maximum atomic E-state index is 11.0. The molecule has 0 saturated carbocycles. The molecule has 142 valence electrons. The minimum atomic E-state index is -0.398. The van der Waals surface area contributed by atoms with Crippen LogP contribution in [0, 0.1) is 23.0 Å². The molecule has 1 aromatic carbocycles. The zero-order chi connectivity index (χ0) is 19.1. The maximum absolute atomic E-state index is 11.0. The number of hydrogen-bond acceptors (Lipinski definition) is 7. The van der Waals surface area contributed by atoms with Crippen molar-refractivity contribution in [1.82, 2.24) is 19.5 Å². The molecule has 0 radical (unpaired) electrons. The summed E-state index contributed by atoms with van der Waals surface area (Å²) in [5, 5.41) is 26.1. The number of piperidine rings is 1. The van der Waals surface area contributed by atoms with Gasteiger partial charge < -0.3 is 5.11 Å². The number of aromatic hydroxyl groups is 1. The van der Waals surface area contributed by atoms with Gasteiger partial charge in [0.15, 0.2) is 0 Å². The number of thiazole rings is 1. The first kappa shape index (κ1) is 17.9. The SMILES string of the molecule is Cc1nc2sc(C(c3ccc([N+](=O)[O-])cc3)N3CCC(C)CC3)c(O)n2n1. The predicted octanol–water partition coefficient (Wildman–Crippen LogP) is 3.53. The molecule has 8 nitrogen and oxygen atoms in total. The van der Waals surface area contributed by atoms with E-state index >= 15 is 0 Å². The summed E-state index contributed by atoms with van der Waals surface area (Å²) in [6.07, 6.45) is 2.17. The van der Waals surface area contributed by atoms with Gasteiger partial charge in [-0.2, -0.15) is 4.52 Å². The topological polar surface area (TPSA) is 96.8 Å². The largest absolute Gasteiger partial charge is 0.492 e. The molecule has 1 aliphatic heterocycles. The van der Waals surface area contributed by atoms with Crippen LogP contribution < -0.4 is 0 Å². The van der Waals surface area contributed by atoms with E-state index in [0.717, 1.165) is 36.4 Å². The third kappa shape index (κ3) is 3.28. The summed E-state index contributed by atoms with van der Waals surface area (Å²) in [4.78, 5) is 18.7. The minimum Gasteiger partial charge on any atom is -0.492 e. The van der Waals surface area contributed by atoms with Gasteiger partial charge >= 0.3 is 0 Å². The molecule has 1 unspecified atom stereocenters. The van der Waals surface area contributed by atoms with Crippen molar-refractivity contribution < 1.29 is 10.0 Å². The molecule has 27 heavy (non-hydrogen) atoms. The van der Waals surface area contributed by atoms with E-state index in [1.54, 1.807) is 19.1 Å². The Hall–Kier alpha value is -2.52. The van der Waals surface area contributed by atoms with Crippen LogP contribution in [0.25, 0.3) is 4.96 Å². The van der Waals surface area contributed by atoms with Gasteiger partial charge in [-0.1, -0.05) is 30.4 Å². The van der Waals surface area contributed by atoms with Crippen molar-refractivity contribution >= 4 is 22.0 Å². The molecule has 1 fully saturated rings. The quantitative estimate of drug-likeness (QED) is 0.543. The molecular weight excluding hydrogens is 366 g/mol. The number of aromatic nitrogens is 3. The van der Waals surface area contributed by atoms with E-state index in [9.17, 15) is 15.2 Å². The van der Waals surface area contributed by atoms with E-state index in [1.165, 1.54) is 28.0 Å². The number of nitrogens with zero attached hydrogens (tertiary/aromatic N) is 5. The van der Waals surface area contributed by atoms with Crippen molar-refractivity contribution in [2.24, 2.45) is 5.92 Å². The predicted molar refractivity (Wildman–Crippen MR) is 102 cm³/mol. The number of nitro benzene ring substituents is 1. The van der Waals surface area contributed by atoms with Gasteiger partial charge in [-0.05, 0) is 44.3 Å². The lowest BCUT2D eigenvalue weighted by atomic mass is 9.95. The molecular formula is C18H21N5O3S. The number of rotatable bonds is 4. The first-order valence-corrected chi connectivity index (χ1v) is 9.79. The molecule has 1 atom stereocenters. The second-order valence-corrected chi connectivity index (χ2v) is 8.12. The van der Waals surface area contributed by atoms with Gasteiger partial charge in [0.05, 0.1) is 15.8 Å². The van der Waals surface area contributed by atoms with Crippen LogP contribution in [0.4, 0.5) is 5.69 Å². The Labute approximate surface area is 160 Å². The first-order chi connectivity index (χ1) is 12.9. The molecule has 1 aliphatic rings. The third-order valence-electron chi connectivity index (χ3n) is 5.16. The van der Waals surface area contributed by atoms with Crippen LogP contribution in [-0.2, 0) is 0 Å². The normalized spacial score (nSPS) is 17.4. The number of likely N-dealkylation sites (tertiary alicyclic amines) is 1. The van der Waals surface area contributed by atoms with E-state index in [1.807, 2.05) is 0 Å². The van der Waals surface area contributed by atoms with Crippen molar-refractivity contribution in [2.75, 3.05) is 13.1 Å². The number of hydrogen-bond donors (Lipinski definition) is 1. The second kappa shape index (κ2) is 6.90. The summed E-state index contributed by atoms with van der Waals surface area (Å²) in [7, 11) is 0. The van der Waals surface area contributed by atoms with E-state index in [2.05, 4.69) is 21.9 Å². The average molecular weight is 387 g/mol. The lowest BCUT2D eigenvalue weighted by Crippen LogP contribution is -2.36. The van der Waals surface area contributed by atoms with Crippen LogP contribution in [0.2, 0.25) is 0 Å². The molecule has 4 rings (SSSR count). The molecule has 1 saturated heterocycles. The van der Waals surface area contributed by atoms with Crippen molar-refractivity contribution in [3.8, 4) is 5.88 Å². The first-order valence-electron chi connectivity index (χ1n) is 8.97. The standard InChI is InChI=1S/C18H21N5O3S/c1-11-7-9-21(10-8-11)15(13-3-5-14(6-4-13)23(25)26)16-17(24)22-18(27-16)19-12(2)20-22/h3-6,11,15,24H,7-10H2,1-2H3. The average Bonchev–Trinajstić information content (AvgIpc) is 3.15. The fourth-order valence-electron chi connectivity index (χ4n) is 3.62. The Bertz CT molecular complexity index is 973. The van der Waals surface area contributed by atoms with E-state index < -0.39 is 4.92 Å². The lowest BCUT2D eigenvalue weighted by molar-refractivity contribution is -0.384. The summed E-state index contributed by atoms with van der Waals surface area (Å²) >= 11 is 1.42. The number of non-ortho nitro benzene ring substituents is 1. The molecule has 0 spiro atoms. The smallest absolute Gasteiger partial charge is 0.269 e. The summed E-state index contributed by atoms with van der Waals surface area (Å²) in [6.45, 7) is 5.87. The molecule has 0 bridgehead atoms. The molecule has 0 aliphatic carbocycles. The highest BCUT2D eigenvalue weighted by Gasteiger charge is 2.31. The van der Waals surface area contributed by atoms with Crippen molar-refractivity contribution in [1.29, 1.82) is 0 Å². The second-order valence-electron chi connectivity index (χ2n) is 7.11. The number of aryl methyl sites for hydroxylation is 1. The van der Waals surface area contributed by atoms with Crippen LogP contribution >= 0.6 is 11.3 Å². The Kier molecular flexibility index (Phi) is 4.56. The summed E-state index contributed by atoms with van der Waals surface area (Å²) < 4.78 is 1.47. The molecule has 1 N–H and O–H groups in total. The number of nitro groups is 1. The van der Waals surface area contributed by atoms with Crippen LogP contribution in [0.3, 0.4) is 0 Å². The van der Waals surface area contributed by atoms with Crippen LogP contribution in [0.5, 0.6) is 5.88 Å². The van der Waals surface area contributed by atoms with Gasteiger partial charge in [0.1, 0.15) is 5.82 Å². The summed E-state index contributed by atoms with van der Waals surface area (Å²) in [5.74, 6) is 1.39. The maximum Gasteiger partial charge on any atom is 0.269 e. The minimum absolute atomic E-state index is 0.0623. The van der Waals surface area contributed by atoms with E-state index in [4.69, 9.17) is 0 Å². The highest BCUT2D eigenvalue weighted by Crippen LogP contribution is 2.41. The fourth-order valence-corrected chi connectivity index (χ4v) is 4.78. The summed E-state index contributed by atoms with van der Waals surface area (Å²) in [6, 6.07) is 6.43. The van der Waals surface area contributed by atoms with Gasteiger partial charge in [-0.3, -0.25) is 15.0 Å². The van der Waals surface area contributed by atoms with Crippen LogP contribution in [0.15, 0.2) is 24.3 Å². The monoisotopic (exact) mass is 387 g/mol. The Morgan fingerprint density at radius 2 is 1.96 bits per heavy atom. The van der Waals surface area contributed by atoms with Crippen molar-refractivity contribution in [3.63, 3.8) is 0 Å². The van der Waals surface area contributed by atoms with Gasteiger partial charge in [0.2, 0.25) is 10.8 Å². The molecule has 3 aromatic rings. The number of fused-ring (bicyclic) bond motifs is 1. The zero-order valence-electron chi connectivity index (χ0n) is 15.2. The van der Waals surface area contributed by atoms with Crippen LogP contribution in [-0.4, -0.2) is 42.6 Å². The zero-order valence-corrected chi connectivity index (χ0v) is 16.0. The summed E-state index contributed by atoms with van der Waals surface area (Å²) in [5.41, 5.74) is 0.985. The molecule has 2 aromatic heterocycles. The van der Waals surface area contributed by atoms with Gasteiger partial charge in [0.25, 0.3) is 5.69 Å². The highest BCUT2D eigenvalue weighted by atomic mass is 32.1. The lowest BCUT2D eigenvalue weighted by Gasteiger charge is -2.36. The van der Waals surface area contributed by atoms with Gasteiger partial charge in [-0.25, -0.2) is 4.98 Å². The van der Waals surface area contributed by atoms with E-state index in [0.29, 0.717) is 16.7 Å². The van der Waals surface area contributed by atoms with Gasteiger partial charge in [0, 0.05) is 12.1 Å². The Morgan fingerprint density at radius 1 is 1.30 bits per heavy atom. The molecule has 9 heteroatoms. The fraction of sp³-hybridized carbons (Fsp3) is 0.444. The Morgan fingerprint density at radius 3 is 2.56 bits per heavy atom. The van der Waals surface area contributed by atoms with Gasteiger partial charge in [-0.15, -0.1) is 5.10 Å². The molecule has 3 heterocycles. The third-order valence-corrected chi connectivity index (χ3v) is 6.23. The number of benzene rings is 1. The van der Waals surface area contributed by atoms with E-state index in [-0.39, 0.29) is 17.6 Å². The molecule has 0 amide bonds. The Balaban J connectivity index is 1.78. The highest BCUT2D eigenvalue weighted by molar-refractivity contribution is 7.17. The van der Waals surface area contributed by atoms with Crippen molar-refractivity contribution in [2.45, 2.75) is 32.7 Å². The van der Waals surface area contributed by atoms with Crippen LogP contribution in [0.1, 0.15) is 42.1 Å².